The number of nitrogens with zero attached hydrogens (tertiary/aromatic N) is 4. The summed E-state index contributed by atoms with van der Waals surface area (Å²) in [5, 5.41) is 3.02. The Labute approximate surface area is 147 Å². The molecule has 0 saturated carbocycles. The van der Waals surface area contributed by atoms with Crippen molar-refractivity contribution in [2.75, 3.05) is 6.54 Å². The topological polar surface area (TPSA) is 72.7 Å². The molecule has 2 heterocycles. The Bertz CT molecular complexity index is 801. The first kappa shape index (κ1) is 16.8. The average Bonchev–Trinajstić information content (AvgIpc) is 3.12. The van der Waals surface area contributed by atoms with E-state index in [1.807, 2.05) is 48.0 Å². The van der Waals surface area contributed by atoms with E-state index in [0.717, 1.165) is 12.0 Å². The standard InChI is InChI=1S/C19H21N5O/c1-2-16(15-7-4-3-5-8-15)19(25)23-12-14-24-13-11-22-18(24)17-20-9-6-10-21-17/h3-11,13,16H,2,12,14H2,1H3,(H,23,25)/t16-/m0/s1. The van der Waals surface area contributed by atoms with E-state index in [9.17, 15) is 4.79 Å². The highest BCUT2D eigenvalue weighted by Gasteiger charge is 2.18. The molecule has 0 spiro atoms. The fraction of sp³-hybridized carbons (Fsp3) is 0.263. The molecular weight excluding hydrogens is 314 g/mol. The molecule has 25 heavy (non-hydrogen) atoms. The highest BCUT2D eigenvalue weighted by molar-refractivity contribution is 5.83. The van der Waals surface area contributed by atoms with Gasteiger partial charge in [-0.1, -0.05) is 37.3 Å². The van der Waals surface area contributed by atoms with Gasteiger partial charge in [0.25, 0.3) is 0 Å². The van der Waals surface area contributed by atoms with E-state index in [1.165, 1.54) is 0 Å². The van der Waals surface area contributed by atoms with Gasteiger partial charge in [0.1, 0.15) is 0 Å². The van der Waals surface area contributed by atoms with Crippen molar-refractivity contribution >= 4 is 5.91 Å². The first-order valence-corrected chi connectivity index (χ1v) is 8.40. The zero-order valence-electron chi connectivity index (χ0n) is 14.2. The van der Waals surface area contributed by atoms with Gasteiger partial charge in [-0.2, -0.15) is 0 Å². The molecule has 3 aromatic rings. The van der Waals surface area contributed by atoms with Crippen LogP contribution < -0.4 is 5.32 Å². The molecule has 0 unspecified atom stereocenters. The Kier molecular flexibility index (Phi) is 5.51. The molecule has 6 heteroatoms. The molecule has 6 nitrogen and oxygen atoms in total. The number of imidazole rings is 1. The van der Waals surface area contributed by atoms with Crippen molar-refractivity contribution in [3.63, 3.8) is 0 Å². The van der Waals surface area contributed by atoms with Gasteiger partial charge in [0.15, 0.2) is 11.6 Å². The van der Waals surface area contributed by atoms with Crippen molar-refractivity contribution in [1.82, 2.24) is 24.8 Å². The zero-order chi connectivity index (χ0) is 17.5. The van der Waals surface area contributed by atoms with E-state index in [0.29, 0.717) is 24.7 Å². The lowest BCUT2D eigenvalue weighted by Gasteiger charge is -2.16. The van der Waals surface area contributed by atoms with Crippen LogP contribution in [0, 0.1) is 0 Å². The lowest BCUT2D eigenvalue weighted by molar-refractivity contribution is -0.122. The zero-order valence-corrected chi connectivity index (χ0v) is 14.2. The van der Waals surface area contributed by atoms with Crippen LogP contribution >= 0.6 is 0 Å². The van der Waals surface area contributed by atoms with Gasteiger partial charge >= 0.3 is 0 Å². The fourth-order valence-electron chi connectivity index (χ4n) is 2.79. The number of nitrogens with one attached hydrogen (secondary N) is 1. The average molecular weight is 335 g/mol. The molecule has 1 atom stereocenters. The van der Waals surface area contributed by atoms with E-state index < -0.39 is 0 Å². The summed E-state index contributed by atoms with van der Waals surface area (Å²) < 4.78 is 1.94. The number of hydrogen-bond acceptors (Lipinski definition) is 4. The molecule has 0 aliphatic heterocycles. The van der Waals surface area contributed by atoms with E-state index in [-0.39, 0.29) is 11.8 Å². The van der Waals surface area contributed by atoms with Gasteiger partial charge < -0.3 is 9.88 Å². The minimum Gasteiger partial charge on any atom is -0.354 e. The summed E-state index contributed by atoms with van der Waals surface area (Å²) in [7, 11) is 0. The lowest BCUT2D eigenvalue weighted by atomic mass is 9.96. The summed E-state index contributed by atoms with van der Waals surface area (Å²) in [6.45, 7) is 3.17. The van der Waals surface area contributed by atoms with Crippen LogP contribution in [0.5, 0.6) is 0 Å². The Morgan fingerprint density at radius 2 is 1.84 bits per heavy atom. The number of hydrogen-bond donors (Lipinski definition) is 1. The maximum absolute atomic E-state index is 12.5. The van der Waals surface area contributed by atoms with Gasteiger partial charge in [-0.05, 0) is 18.1 Å². The summed E-state index contributed by atoms with van der Waals surface area (Å²) in [6, 6.07) is 11.6. The van der Waals surface area contributed by atoms with Crippen molar-refractivity contribution in [3.8, 4) is 11.6 Å². The Morgan fingerprint density at radius 1 is 1.08 bits per heavy atom. The van der Waals surface area contributed by atoms with Crippen LogP contribution in [0.2, 0.25) is 0 Å². The second kappa shape index (κ2) is 8.19. The monoisotopic (exact) mass is 335 g/mol. The largest absolute Gasteiger partial charge is 0.354 e. The molecular formula is C19H21N5O. The molecule has 0 aliphatic rings. The first-order chi connectivity index (χ1) is 12.3. The van der Waals surface area contributed by atoms with Gasteiger partial charge in [0.2, 0.25) is 5.91 Å². The van der Waals surface area contributed by atoms with Crippen LogP contribution in [0.3, 0.4) is 0 Å². The molecule has 3 rings (SSSR count). The van der Waals surface area contributed by atoms with Gasteiger partial charge in [-0.25, -0.2) is 15.0 Å². The summed E-state index contributed by atoms with van der Waals surface area (Å²) in [5.74, 6) is 1.20. The number of aromatic nitrogens is 4. The van der Waals surface area contributed by atoms with Crippen LogP contribution in [0.4, 0.5) is 0 Å². The van der Waals surface area contributed by atoms with Gasteiger partial charge in [-0.15, -0.1) is 0 Å². The number of carbonyl (C=O) groups excluding carboxylic acids is 1. The van der Waals surface area contributed by atoms with E-state index in [1.54, 1.807) is 24.7 Å². The minimum absolute atomic E-state index is 0.0475. The Morgan fingerprint density at radius 3 is 2.56 bits per heavy atom. The van der Waals surface area contributed by atoms with Crippen molar-refractivity contribution in [2.45, 2.75) is 25.8 Å². The van der Waals surface area contributed by atoms with Gasteiger partial charge in [0.05, 0.1) is 5.92 Å². The maximum Gasteiger partial charge on any atom is 0.227 e. The molecule has 0 bridgehead atoms. The summed E-state index contributed by atoms with van der Waals surface area (Å²) in [6.07, 6.45) is 7.73. The van der Waals surface area contributed by atoms with Gasteiger partial charge in [-0.3, -0.25) is 4.79 Å². The smallest absolute Gasteiger partial charge is 0.227 e. The number of benzene rings is 1. The van der Waals surface area contributed by atoms with Gasteiger partial charge in [0, 0.05) is 37.9 Å². The summed E-state index contributed by atoms with van der Waals surface area (Å²) >= 11 is 0. The van der Waals surface area contributed by atoms with Crippen LogP contribution in [0.25, 0.3) is 11.6 Å². The molecule has 1 aromatic carbocycles. The SMILES string of the molecule is CC[C@H](C(=O)NCCn1ccnc1-c1ncccn1)c1ccccc1. The fourth-order valence-corrected chi connectivity index (χ4v) is 2.79. The molecule has 0 aliphatic carbocycles. The number of rotatable bonds is 7. The second-order valence-electron chi connectivity index (χ2n) is 5.68. The molecule has 0 saturated heterocycles. The molecule has 1 amide bonds. The first-order valence-electron chi connectivity index (χ1n) is 8.40. The summed E-state index contributed by atoms with van der Waals surface area (Å²) in [5.41, 5.74) is 1.04. The number of carbonyl (C=O) groups is 1. The molecule has 128 valence electrons. The normalized spacial score (nSPS) is 11.9. The van der Waals surface area contributed by atoms with Crippen molar-refractivity contribution < 1.29 is 4.79 Å². The Balaban J connectivity index is 1.60. The van der Waals surface area contributed by atoms with Crippen molar-refractivity contribution in [3.05, 3.63) is 66.7 Å². The quantitative estimate of drug-likeness (QED) is 0.720. The Hall–Kier alpha value is -3.02. The maximum atomic E-state index is 12.5. The minimum atomic E-state index is -0.124. The predicted octanol–water partition coefficient (Wildman–Crippen LogP) is 2.65. The van der Waals surface area contributed by atoms with Crippen LogP contribution in [-0.2, 0) is 11.3 Å². The molecule has 2 aromatic heterocycles. The second-order valence-corrected chi connectivity index (χ2v) is 5.68. The summed E-state index contributed by atoms with van der Waals surface area (Å²) in [4.78, 5) is 25.3. The highest BCUT2D eigenvalue weighted by Crippen LogP contribution is 2.19. The predicted molar refractivity (Wildman–Crippen MR) is 95.7 cm³/mol. The molecule has 0 fully saturated rings. The highest BCUT2D eigenvalue weighted by atomic mass is 16.1. The van der Waals surface area contributed by atoms with E-state index in [2.05, 4.69) is 20.3 Å². The third kappa shape index (κ3) is 4.09. The number of amides is 1. The van der Waals surface area contributed by atoms with E-state index in [4.69, 9.17) is 0 Å². The lowest BCUT2D eigenvalue weighted by Crippen LogP contribution is -2.31. The van der Waals surface area contributed by atoms with Crippen LogP contribution in [0.15, 0.2) is 61.2 Å². The molecule has 0 radical (unpaired) electrons. The van der Waals surface area contributed by atoms with Crippen LogP contribution in [-0.4, -0.2) is 32.0 Å². The van der Waals surface area contributed by atoms with E-state index >= 15 is 0 Å². The third-order valence-corrected chi connectivity index (χ3v) is 4.06. The van der Waals surface area contributed by atoms with Crippen molar-refractivity contribution in [1.29, 1.82) is 0 Å². The van der Waals surface area contributed by atoms with Crippen molar-refractivity contribution in [2.24, 2.45) is 0 Å². The van der Waals surface area contributed by atoms with Crippen LogP contribution in [0.1, 0.15) is 24.8 Å². The third-order valence-electron chi connectivity index (χ3n) is 4.06. The molecule has 1 N–H and O–H groups in total.